The van der Waals surface area contributed by atoms with Crippen molar-refractivity contribution in [3.05, 3.63) is 70.8 Å². The molecule has 25 heavy (non-hydrogen) atoms. The van der Waals surface area contributed by atoms with Crippen LogP contribution in [0, 0.1) is 6.92 Å². The van der Waals surface area contributed by atoms with Crippen molar-refractivity contribution in [2.45, 2.75) is 26.3 Å². The smallest absolute Gasteiger partial charge is 0.260 e. The van der Waals surface area contributed by atoms with E-state index in [-0.39, 0.29) is 37.1 Å². The van der Waals surface area contributed by atoms with Gasteiger partial charge in [0.1, 0.15) is 0 Å². The molecule has 0 atom stereocenters. The minimum Gasteiger partial charge on any atom is -0.352 e. The summed E-state index contributed by atoms with van der Waals surface area (Å²) in [5.41, 5.74) is 3.45. The summed E-state index contributed by atoms with van der Waals surface area (Å²) in [6.07, 6.45) is 0.304. The fourth-order valence-electron chi connectivity index (χ4n) is 2.93. The SMILES string of the molecule is Cc1ccccc1CNC(=O)CCN1C(=O)Cc2ccccc2C1=O. The predicted molar refractivity (Wildman–Crippen MR) is 93.8 cm³/mol. The number of nitrogens with one attached hydrogen (secondary N) is 1. The molecule has 0 spiro atoms. The van der Waals surface area contributed by atoms with Crippen molar-refractivity contribution in [2.24, 2.45) is 0 Å². The number of fused-ring (bicyclic) bond motifs is 1. The standard InChI is InChI=1S/C20H20N2O3/c1-14-6-2-3-8-16(14)13-21-18(23)10-11-22-19(24)12-15-7-4-5-9-17(15)20(22)25/h2-9H,10-13H2,1H3,(H,21,23). The van der Waals surface area contributed by atoms with Crippen molar-refractivity contribution >= 4 is 17.7 Å². The minimum absolute atomic E-state index is 0.103. The highest BCUT2D eigenvalue weighted by molar-refractivity contribution is 6.09. The van der Waals surface area contributed by atoms with Gasteiger partial charge in [0.15, 0.2) is 0 Å². The van der Waals surface area contributed by atoms with E-state index < -0.39 is 0 Å². The Hall–Kier alpha value is -2.95. The van der Waals surface area contributed by atoms with Crippen LogP contribution in [-0.2, 0) is 22.6 Å². The summed E-state index contributed by atoms with van der Waals surface area (Å²) in [7, 11) is 0. The Morgan fingerprint density at radius 1 is 1.08 bits per heavy atom. The average Bonchev–Trinajstić information content (AvgIpc) is 2.61. The molecule has 3 rings (SSSR count). The van der Waals surface area contributed by atoms with Crippen molar-refractivity contribution in [2.75, 3.05) is 6.54 Å². The number of rotatable bonds is 5. The summed E-state index contributed by atoms with van der Waals surface area (Å²) in [4.78, 5) is 37.9. The van der Waals surface area contributed by atoms with Crippen molar-refractivity contribution < 1.29 is 14.4 Å². The van der Waals surface area contributed by atoms with Crippen LogP contribution in [0.5, 0.6) is 0 Å². The molecule has 0 saturated carbocycles. The Morgan fingerprint density at radius 3 is 2.60 bits per heavy atom. The van der Waals surface area contributed by atoms with Crippen LogP contribution in [-0.4, -0.2) is 29.2 Å². The topological polar surface area (TPSA) is 66.5 Å². The van der Waals surface area contributed by atoms with Gasteiger partial charge in [-0.25, -0.2) is 0 Å². The van der Waals surface area contributed by atoms with Crippen LogP contribution in [0.4, 0.5) is 0 Å². The van der Waals surface area contributed by atoms with Crippen molar-refractivity contribution in [3.63, 3.8) is 0 Å². The number of amides is 3. The molecule has 1 aliphatic heterocycles. The number of imide groups is 1. The van der Waals surface area contributed by atoms with Gasteiger partial charge in [0.05, 0.1) is 6.42 Å². The fraction of sp³-hybridized carbons (Fsp3) is 0.250. The molecule has 0 aromatic heterocycles. The van der Waals surface area contributed by atoms with Crippen LogP contribution in [0.1, 0.15) is 33.5 Å². The zero-order valence-corrected chi connectivity index (χ0v) is 14.1. The molecule has 128 valence electrons. The first-order chi connectivity index (χ1) is 12.1. The zero-order chi connectivity index (χ0) is 17.8. The summed E-state index contributed by atoms with van der Waals surface area (Å²) < 4.78 is 0. The molecule has 5 nitrogen and oxygen atoms in total. The third kappa shape index (κ3) is 3.76. The van der Waals surface area contributed by atoms with Gasteiger partial charge in [-0.05, 0) is 29.7 Å². The van der Waals surface area contributed by atoms with Crippen LogP contribution in [0.3, 0.4) is 0 Å². The molecular weight excluding hydrogens is 316 g/mol. The summed E-state index contributed by atoms with van der Waals surface area (Å²) in [5, 5.41) is 2.84. The monoisotopic (exact) mass is 336 g/mol. The normalized spacial score (nSPS) is 13.6. The van der Waals surface area contributed by atoms with Gasteiger partial charge in [-0.2, -0.15) is 0 Å². The highest BCUT2D eigenvalue weighted by atomic mass is 16.2. The first kappa shape index (κ1) is 16.9. The van der Waals surface area contributed by atoms with E-state index in [2.05, 4.69) is 5.32 Å². The molecule has 0 radical (unpaired) electrons. The summed E-state index contributed by atoms with van der Waals surface area (Å²) >= 11 is 0. The van der Waals surface area contributed by atoms with Gasteiger partial charge in [-0.3, -0.25) is 19.3 Å². The van der Waals surface area contributed by atoms with Crippen LogP contribution >= 0.6 is 0 Å². The predicted octanol–water partition coefficient (Wildman–Crippen LogP) is 2.23. The Kier molecular flexibility index (Phi) is 4.93. The molecule has 1 aliphatic rings. The minimum atomic E-state index is -0.321. The molecule has 3 amide bonds. The first-order valence-corrected chi connectivity index (χ1v) is 8.30. The number of carbonyl (C=O) groups is 3. The molecule has 1 N–H and O–H groups in total. The third-order valence-corrected chi connectivity index (χ3v) is 4.44. The third-order valence-electron chi connectivity index (χ3n) is 4.44. The second kappa shape index (κ2) is 7.30. The second-order valence-electron chi connectivity index (χ2n) is 6.14. The lowest BCUT2D eigenvalue weighted by Crippen LogP contribution is -2.44. The lowest BCUT2D eigenvalue weighted by Gasteiger charge is -2.26. The number of benzene rings is 2. The van der Waals surface area contributed by atoms with Gasteiger partial charge >= 0.3 is 0 Å². The van der Waals surface area contributed by atoms with E-state index >= 15 is 0 Å². The number of hydrogen-bond donors (Lipinski definition) is 1. The van der Waals surface area contributed by atoms with Gasteiger partial charge in [0.25, 0.3) is 5.91 Å². The maximum atomic E-state index is 12.4. The van der Waals surface area contributed by atoms with Crippen molar-refractivity contribution in [1.82, 2.24) is 10.2 Å². The van der Waals surface area contributed by atoms with E-state index in [9.17, 15) is 14.4 Å². The van der Waals surface area contributed by atoms with Gasteiger partial charge < -0.3 is 5.32 Å². The van der Waals surface area contributed by atoms with Crippen LogP contribution in [0.2, 0.25) is 0 Å². The molecule has 0 unspecified atom stereocenters. The van der Waals surface area contributed by atoms with Gasteiger partial charge in [-0.15, -0.1) is 0 Å². The quantitative estimate of drug-likeness (QED) is 0.852. The lowest BCUT2D eigenvalue weighted by atomic mass is 9.98. The van der Waals surface area contributed by atoms with Crippen LogP contribution in [0.15, 0.2) is 48.5 Å². The number of nitrogens with zero attached hydrogens (tertiary/aromatic N) is 1. The van der Waals surface area contributed by atoms with Gasteiger partial charge in [-0.1, -0.05) is 42.5 Å². The molecule has 1 heterocycles. The Morgan fingerprint density at radius 2 is 1.80 bits per heavy atom. The van der Waals surface area contributed by atoms with Crippen molar-refractivity contribution in [1.29, 1.82) is 0 Å². The highest BCUT2D eigenvalue weighted by Gasteiger charge is 2.30. The second-order valence-corrected chi connectivity index (χ2v) is 6.14. The zero-order valence-electron chi connectivity index (χ0n) is 14.1. The van der Waals surface area contributed by atoms with Crippen molar-refractivity contribution in [3.8, 4) is 0 Å². The molecular formula is C20H20N2O3. The average molecular weight is 336 g/mol. The summed E-state index contributed by atoms with van der Waals surface area (Å²) in [6, 6.07) is 14.9. The van der Waals surface area contributed by atoms with E-state index in [4.69, 9.17) is 0 Å². The Bertz CT molecular complexity index is 829. The highest BCUT2D eigenvalue weighted by Crippen LogP contribution is 2.19. The maximum Gasteiger partial charge on any atom is 0.260 e. The van der Waals surface area contributed by atoms with E-state index in [1.807, 2.05) is 37.3 Å². The largest absolute Gasteiger partial charge is 0.352 e. The van der Waals surface area contributed by atoms with Gasteiger partial charge in [0.2, 0.25) is 11.8 Å². The molecule has 5 heteroatoms. The Balaban J connectivity index is 1.56. The number of aryl methyl sites for hydroxylation is 1. The maximum absolute atomic E-state index is 12.4. The van der Waals surface area contributed by atoms with Crippen LogP contribution in [0.25, 0.3) is 0 Å². The Labute approximate surface area is 146 Å². The number of carbonyl (C=O) groups excluding carboxylic acids is 3. The molecule has 2 aromatic carbocycles. The first-order valence-electron chi connectivity index (χ1n) is 8.30. The lowest BCUT2D eigenvalue weighted by molar-refractivity contribution is -0.129. The van der Waals surface area contributed by atoms with E-state index in [0.29, 0.717) is 12.1 Å². The summed E-state index contributed by atoms with van der Waals surface area (Å²) in [5.74, 6) is -0.753. The van der Waals surface area contributed by atoms with E-state index in [1.165, 1.54) is 4.90 Å². The molecule has 0 fully saturated rings. The molecule has 2 aromatic rings. The fourth-order valence-corrected chi connectivity index (χ4v) is 2.93. The van der Waals surface area contributed by atoms with Crippen LogP contribution < -0.4 is 5.32 Å². The molecule has 0 aliphatic carbocycles. The molecule has 0 saturated heterocycles. The summed E-state index contributed by atoms with van der Waals surface area (Å²) in [6.45, 7) is 2.53. The number of hydrogen-bond acceptors (Lipinski definition) is 3. The molecule has 0 bridgehead atoms. The van der Waals surface area contributed by atoms with E-state index in [0.717, 1.165) is 16.7 Å². The van der Waals surface area contributed by atoms with E-state index in [1.54, 1.807) is 18.2 Å². The van der Waals surface area contributed by atoms with Gasteiger partial charge in [0, 0.05) is 25.1 Å².